The Morgan fingerprint density at radius 1 is 0.670 bits per heavy atom. The molecule has 6 aromatic carbocycles. The maximum Gasteiger partial charge on any atom is 0.318 e. The third-order valence-electron chi connectivity index (χ3n) is 20.3. The smallest absolute Gasteiger partial charge is 0.318 e. The molecule has 8 N–H and O–H groups in total. The molecule has 7 amide bonds. The summed E-state index contributed by atoms with van der Waals surface area (Å²) in [4.78, 5) is 126. The lowest BCUT2D eigenvalue weighted by molar-refractivity contribution is -0.401. The summed E-state index contributed by atoms with van der Waals surface area (Å²) >= 11 is 0. The lowest BCUT2D eigenvalue weighted by Gasteiger charge is -2.42. The van der Waals surface area contributed by atoms with Crippen molar-refractivity contribution < 1.29 is 57.9 Å². The molecule has 1 saturated heterocycles. The number of carboxylic acid groups (broad SMARTS) is 2. The monoisotopic (exact) mass is 1390 g/mol. The Labute approximate surface area is 602 Å². The van der Waals surface area contributed by atoms with Gasteiger partial charge in [-0.1, -0.05) is 178 Å². The molecule has 536 valence electrons. The fourth-order valence-corrected chi connectivity index (χ4v) is 14.6. The van der Waals surface area contributed by atoms with E-state index in [-0.39, 0.29) is 81.6 Å². The van der Waals surface area contributed by atoms with Crippen molar-refractivity contribution in [3.05, 3.63) is 239 Å². The van der Waals surface area contributed by atoms with Gasteiger partial charge in [-0.2, -0.15) is 4.58 Å². The molecule has 0 saturated carbocycles. The second kappa shape index (κ2) is 34.1. The first-order chi connectivity index (χ1) is 49.5. The number of fused-ring (bicyclic) bond motifs is 5. The van der Waals surface area contributed by atoms with Gasteiger partial charge >= 0.3 is 11.9 Å². The second-order valence-corrected chi connectivity index (χ2v) is 28.2. The number of rotatable bonds is 22. The summed E-state index contributed by atoms with van der Waals surface area (Å²) in [6.45, 7) is 10.2. The highest BCUT2D eigenvalue weighted by Gasteiger charge is 2.46. The predicted molar refractivity (Wildman–Crippen MR) is 397 cm³/mol. The number of nitrogens with one attached hydrogen (secondary N) is 6. The number of amides is 7. The number of carbonyl (C=O) groups is 9. The molecule has 2 bridgehead atoms. The van der Waals surface area contributed by atoms with Crippen LogP contribution in [0.25, 0.3) is 11.1 Å². The molecule has 0 aromatic heterocycles. The molecule has 0 unspecified atom stereocenters. The molecule has 10 rings (SSSR count). The van der Waals surface area contributed by atoms with Gasteiger partial charge in [0.2, 0.25) is 47.0 Å². The zero-order valence-electron chi connectivity index (χ0n) is 59.3. The maximum atomic E-state index is 15.2. The van der Waals surface area contributed by atoms with E-state index in [0.29, 0.717) is 54.5 Å². The van der Waals surface area contributed by atoms with Crippen molar-refractivity contribution in [3.8, 4) is 11.1 Å². The second-order valence-electron chi connectivity index (χ2n) is 28.2. The zero-order chi connectivity index (χ0) is 73.3. The van der Waals surface area contributed by atoms with E-state index in [1.807, 2.05) is 54.6 Å². The molecule has 6 aromatic rings. The number of hydrogen-bond donors (Lipinski definition) is 8. The minimum Gasteiger partial charge on any atom is -0.481 e. The first kappa shape index (κ1) is 74.7. The number of allylic oxidation sites excluding steroid dienone is 6. The average molecular weight is 1390 g/mol. The first-order valence-corrected chi connectivity index (χ1v) is 35.6. The van der Waals surface area contributed by atoms with Gasteiger partial charge in [0.05, 0.1) is 17.3 Å². The van der Waals surface area contributed by atoms with E-state index < -0.39 is 70.8 Å². The van der Waals surface area contributed by atoms with Crippen LogP contribution in [0.4, 0.5) is 11.4 Å². The predicted octanol–water partition coefficient (Wildman–Crippen LogP) is 9.27. The third kappa shape index (κ3) is 18.8. The normalized spacial score (nSPS) is 20.1. The number of nitrogens with zero attached hydrogens (tertiary/aromatic N) is 3. The molecule has 4 aliphatic rings. The molecule has 20 heteroatoms. The van der Waals surface area contributed by atoms with Crippen LogP contribution in [0.2, 0.25) is 0 Å². The van der Waals surface area contributed by atoms with E-state index in [0.717, 1.165) is 48.2 Å². The van der Waals surface area contributed by atoms with Crippen LogP contribution >= 0.6 is 0 Å². The van der Waals surface area contributed by atoms with Crippen LogP contribution in [0.15, 0.2) is 200 Å². The molecule has 103 heavy (non-hydrogen) atoms. The van der Waals surface area contributed by atoms with E-state index in [4.69, 9.17) is 0 Å². The van der Waals surface area contributed by atoms with Gasteiger partial charge in [0.15, 0.2) is 11.6 Å². The van der Waals surface area contributed by atoms with Gasteiger partial charge in [-0.25, -0.2) is 0 Å². The molecule has 3 atom stereocenters. The van der Waals surface area contributed by atoms with E-state index in [2.05, 4.69) is 155 Å². The Balaban J connectivity index is 0.765. The van der Waals surface area contributed by atoms with Crippen molar-refractivity contribution in [2.24, 2.45) is 11.3 Å². The van der Waals surface area contributed by atoms with Crippen LogP contribution in [-0.4, -0.2) is 137 Å². The Hall–Kier alpha value is -11.0. The third-order valence-corrected chi connectivity index (χ3v) is 20.3. The number of benzene rings is 6. The van der Waals surface area contributed by atoms with Crippen molar-refractivity contribution in [1.82, 2.24) is 36.8 Å². The van der Waals surface area contributed by atoms with Crippen LogP contribution in [0.3, 0.4) is 0 Å². The van der Waals surface area contributed by atoms with E-state index >= 15 is 4.79 Å². The highest BCUT2D eigenvalue weighted by Crippen LogP contribution is 2.48. The van der Waals surface area contributed by atoms with Crippen LogP contribution in [0.1, 0.15) is 112 Å². The number of hydrogen-bond acceptors (Lipinski definition) is 10. The summed E-state index contributed by atoms with van der Waals surface area (Å²) in [6, 6.07) is 45.6. The highest BCUT2D eigenvalue weighted by atomic mass is 16.4. The van der Waals surface area contributed by atoms with Gasteiger partial charge in [-0.05, 0) is 115 Å². The summed E-state index contributed by atoms with van der Waals surface area (Å²) in [6.07, 6.45) is 16.3. The largest absolute Gasteiger partial charge is 0.481 e. The number of unbranched alkanes of at least 4 members (excludes halogenated alkanes) is 2. The van der Waals surface area contributed by atoms with Crippen molar-refractivity contribution in [2.45, 2.75) is 128 Å². The van der Waals surface area contributed by atoms with Gasteiger partial charge in [-0.3, -0.25) is 43.2 Å². The maximum absolute atomic E-state index is 15.2. The number of carboxylic acids is 2. The Morgan fingerprint density at radius 3 is 2.05 bits per heavy atom. The summed E-state index contributed by atoms with van der Waals surface area (Å²) in [5.41, 5.74) is 10.7. The fraction of sp³-hybridized carbons (Fsp3) is 0.349. The lowest BCUT2D eigenvalue weighted by atomic mass is 9.74. The molecule has 0 spiro atoms. The number of para-hydroxylation sites is 2. The number of anilines is 1. The van der Waals surface area contributed by atoms with E-state index in [9.17, 15) is 48.6 Å². The minimum atomic E-state index is -1.59. The Morgan fingerprint density at radius 2 is 1.33 bits per heavy atom. The quantitative estimate of drug-likeness (QED) is 0.0137. The zero-order valence-corrected chi connectivity index (χ0v) is 59.3. The summed E-state index contributed by atoms with van der Waals surface area (Å²) in [7, 11) is 2.12. The highest BCUT2D eigenvalue weighted by molar-refractivity contribution is 6.03. The number of aliphatic carboxylic acids is 2. The van der Waals surface area contributed by atoms with Crippen LogP contribution in [0.5, 0.6) is 0 Å². The van der Waals surface area contributed by atoms with Gasteiger partial charge in [-0.15, -0.1) is 0 Å². The lowest BCUT2D eigenvalue weighted by Crippen LogP contribution is -2.58. The average Bonchev–Trinajstić information content (AvgIpc) is 1.61. The molecular formula is C83H94N9O11+. The van der Waals surface area contributed by atoms with Crippen molar-refractivity contribution in [1.29, 1.82) is 0 Å². The van der Waals surface area contributed by atoms with Gasteiger partial charge in [0.25, 0.3) is 0 Å². The van der Waals surface area contributed by atoms with Crippen LogP contribution in [0, 0.1) is 11.3 Å². The standard InChI is InChI=1S/C83H93N9O11/c1-81(2)64-26-16-18-28-68(64)90(5)70(81)30-11-7-12-31-71-82(3,4)65-27-17-19-29-69(65)92(71)49-20-8-13-32-72(93)85-46-47-86-76(97)66-43-45-84-73(94)41-42-75(96)91-48-21-44-83(55-91,53-58-22-9-6-10-23-58)80(103)89-67(77(98)87-54-62-25-15-14-24-61(62)52-74(95)88-66)51-57-35-39-60(40-36-57)59-37-33-56(34-38-59)50-63(78(99)100)79(101)102/h6-7,9-12,14-19,22-31,33-42,63,66-67H,8,13,20-21,32,43-55H2,1-5H3,(H7-,84,85,86,87,88,89,93,94,95,97,98,99,100,101,102,103)/p+1/b42-41+/t66-,67-,83-/m1/s1. The number of carbonyl (C=O) groups excluding carboxylic acids is 7. The number of piperidine rings is 1. The van der Waals surface area contributed by atoms with E-state index in [1.165, 1.54) is 38.8 Å². The molecule has 20 nitrogen and oxygen atoms in total. The fourth-order valence-electron chi connectivity index (χ4n) is 14.6. The summed E-state index contributed by atoms with van der Waals surface area (Å²) in [5, 5.41) is 36.3. The van der Waals surface area contributed by atoms with Crippen LogP contribution < -0.4 is 36.8 Å². The van der Waals surface area contributed by atoms with Crippen molar-refractivity contribution in [3.63, 3.8) is 0 Å². The molecule has 0 radical (unpaired) electrons. The molecule has 0 aliphatic carbocycles. The van der Waals surface area contributed by atoms with Crippen molar-refractivity contribution in [2.75, 3.05) is 51.2 Å². The molecular weight excluding hydrogens is 1300 g/mol. The Kier molecular flexibility index (Phi) is 24.7. The molecule has 4 aliphatic heterocycles. The Bertz CT molecular complexity index is 4270. The minimum absolute atomic E-state index is 0.0132. The van der Waals surface area contributed by atoms with Crippen molar-refractivity contribution >= 4 is 70.4 Å². The SMILES string of the molecule is C[N+]1=C(/C=C/C=C/C=C2\N(CCCCCC(=O)NCCNC(=O)[C@H]3CCNC(=O)/C=C/C(=O)N4CCC[C@@](Cc5ccccc5)(C4)C(=O)N[C@H](Cc4ccc(-c5ccc(CC(C(=O)O)C(=O)O)cc5)cc4)C(=O)NCc4ccccc4CC(=O)N3)c3ccccc3C2(C)C)C(C)(C)c2ccccc21. The van der Waals surface area contributed by atoms with Gasteiger partial charge in [0.1, 0.15) is 19.1 Å². The van der Waals surface area contributed by atoms with E-state index in [1.54, 1.807) is 48.5 Å². The molecule has 4 heterocycles. The summed E-state index contributed by atoms with van der Waals surface area (Å²) in [5.74, 6) is -7.72. The van der Waals surface area contributed by atoms with Crippen LogP contribution in [-0.2, 0) is 86.2 Å². The summed E-state index contributed by atoms with van der Waals surface area (Å²) < 4.78 is 2.27. The van der Waals surface area contributed by atoms with Gasteiger partial charge < -0.3 is 51.9 Å². The first-order valence-electron chi connectivity index (χ1n) is 35.6. The molecule has 1 fully saturated rings. The van der Waals surface area contributed by atoms with Gasteiger partial charge in [0, 0.05) is 105 Å². The topological polar surface area (TPSA) is 276 Å².